The molecule has 0 aliphatic heterocycles. The molecule has 0 saturated heterocycles. The lowest BCUT2D eigenvalue weighted by molar-refractivity contribution is -0.870. The fourth-order valence-corrected chi connectivity index (χ4v) is 6.30. The smallest absolute Gasteiger partial charge is 0.306 e. The summed E-state index contributed by atoms with van der Waals surface area (Å²) in [6.45, 7) is 3.94. The number of nitrogens with zero attached hydrogens (tertiary/aromatic N) is 1. The molecule has 0 saturated carbocycles. The highest BCUT2D eigenvalue weighted by Crippen LogP contribution is 2.38. The number of likely N-dealkylation sites (N-methyl/N-ethyl adjacent to an activating group) is 1. The fourth-order valence-electron chi connectivity index (χ4n) is 5.57. The maximum Gasteiger partial charge on any atom is 0.306 e. The van der Waals surface area contributed by atoms with Gasteiger partial charge in [-0.1, -0.05) is 139 Å². The van der Waals surface area contributed by atoms with E-state index in [1.807, 2.05) is 33.3 Å². The molecule has 3 atom stereocenters. The highest BCUT2D eigenvalue weighted by Gasteiger charge is 2.22. The lowest BCUT2D eigenvalue weighted by Gasteiger charge is -2.28. The van der Waals surface area contributed by atoms with Gasteiger partial charge < -0.3 is 33.0 Å². The first-order chi connectivity index (χ1) is 27.4. The number of unbranched alkanes of at least 4 members (excludes halogenated alkanes) is 14. The van der Waals surface area contributed by atoms with Gasteiger partial charge >= 0.3 is 11.9 Å². The molecule has 0 aromatic carbocycles. The molecule has 57 heavy (non-hydrogen) atoms. The Bertz CT molecular complexity index is 1170. The Kier molecular flexibility index (Phi) is 36.4. The molecule has 0 aromatic heterocycles. The van der Waals surface area contributed by atoms with Crippen molar-refractivity contribution in [2.45, 2.75) is 174 Å². The summed E-state index contributed by atoms with van der Waals surface area (Å²) in [4.78, 5) is 37.5. The molecule has 0 spiro atoms. The van der Waals surface area contributed by atoms with Crippen molar-refractivity contribution >= 4 is 19.8 Å². The number of quaternary nitrogens is 1. The van der Waals surface area contributed by atoms with E-state index in [9.17, 15) is 24.2 Å². The molecular formula is C46H82NO9P. The highest BCUT2D eigenvalue weighted by molar-refractivity contribution is 7.45. The molecule has 0 amide bonds. The molecule has 1 unspecified atom stereocenters. The third-order valence-corrected chi connectivity index (χ3v) is 10.1. The first kappa shape index (κ1) is 54.7. The number of carbonyl (C=O) groups excluding carboxylic acids is 2. The summed E-state index contributed by atoms with van der Waals surface area (Å²) in [7, 11) is 1.05. The van der Waals surface area contributed by atoms with Gasteiger partial charge in [-0.2, -0.15) is 0 Å². The Balaban J connectivity index is 4.58. The molecule has 0 radical (unpaired) electrons. The Morgan fingerprint density at radius 3 is 1.82 bits per heavy atom. The van der Waals surface area contributed by atoms with Gasteiger partial charge in [0.2, 0.25) is 0 Å². The summed E-state index contributed by atoms with van der Waals surface area (Å²) in [5, 5.41) is 10.3. The van der Waals surface area contributed by atoms with Crippen molar-refractivity contribution in [1.29, 1.82) is 0 Å². The summed E-state index contributed by atoms with van der Waals surface area (Å²) in [6.07, 6.45) is 41.3. The van der Waals surface area contributed by atoms with Crippen molar-refractivity contribution in [3.63, 3.8) is 0 Å². The molecule has 10 nitrogen and oxygen atoms in total. The van der Waals surface area contributed by atoms with Gasteiger partial charge in [-0.05, 0) is 70.6 Å². The van der Waals surface area contributed by atoms with Crippen LogP contribution in [-0.4, -0.2) is 81.2 Å². The number of rotatable bonds is 39. The first-order valence-electron chi connectivity index (χ1n) is 22.1. The van der Waals surface area contributed by atoms with Crippen LogP contribution in [0.2, 0.25) is 0 Å². The molecule has 11 heteroatoms. The summed E-state index contributed by atoms with van der Waals surface area (Å²) in [5.41, 5.74) is 0. The van der Waals surface area contributed by atoms with Crippen LogP contribution in [0, 0.1) is 0 Å². The molecule has 0 heterocycles. The van der Waals surface area contributed by atoms with Crippen molar-refractivity contribution in [2.24, 2.45) is 0 Å². The van der Waals surface area contributed by atoms with E-state index in [1.54, 1.807) is 12.2 Å². The number of hydrogen-bond donors (Lipinski definition) is 1. The molecule has 1 N–H and O–H groups in total. The van der Waals surface area contributed by atoms with Crippen LogP contribution >= 0.6 is 7.82 Å². The van der Waals surface area contributed by atoms with Crippen LogP contribution < -0.4 is 4.89 Å². The van der Waals surface area contributed by atoms with Crippen LogP contribution in [0.3, 0.4) is 0 Å². The van der Waals surface area contributed by atoms with Crippen LogP contribution in [-0.2, 0) is 32.7 Å². The minimum Gasteiger partial charge on any atom is -0.756 e. The second kappa shape index (κ2) is 37.9. The Labute approximate surface area is 348 Å². The van der Waals surface area contributed by atoms with Gasteiger partial charge in [-0.15, -0.1) is 0 Å². The summed E-state index contributed by atoms with van der Waals surface area (Å²) in [6, 6.07) is 0. The zero-order valence-electron chi connectivity index (χ0n) is 36.6. The second-order valence-corrected chi connectivity index (χ2v) is 17.3. The van der Waals surface area contributed by atoms with E-state index >= 15 is 0 Å². The predicted octanol–water partition coefficient (Wildman–Crippen LogP) is 10.8. The number of aliphatic hydroxyl groups is 1. The summed E-state index contributed by atoms with van der Waals surface area (Å²) >= 11 is 0. The van der Waals surface area contributed by atoms with E-state index in [2.05, 4.69) is 50.3 Å². The molecule has 0 aliphatic rings. The Morgan fingerprint density at radius 2 is 1.18 bits per heavy atom. The number of aliphatic hydroxyl groups excluding tert-OH is 1. The average Bonchev–Trinajstić information content (AvgIpc) is 3.15. The normalized spacial score (nSPS) is 14.7. The van der Waals surface area contributed by atoms with Gasteiger partial charge in [-0.25, -0.2) is 0 Å². The SMILES string of the molecule is CCCCC/C=C\C/C=C\C/C=C\C=C\[C@@H](O)CCCC(=O)OC[C@H](COP(=O)([O-])OCC[N+](C)(C)C)OC(=O)CCCCCCC/C=C\CCCCCCCC. The van der Waals surface area contributed by atoms with E-state index in [-0.39, 0.29) is 26.1 Å². The number of phosphoric ester groups is 1. The van der Waals surface area contributed by atoms with Crippen LogP contribution in [0.5, 0.6) is 0 Å². The van der Waals surface area contributed by atoms with Crippen molar-refractivity contribution in [2.75, 3.05) is 47.5 Å². The maximum absolute atomic E-state index is 12.7. The first-order valence-corrected chi connectivity index (χ1v) is 23.6. The number of esters is 2. The van der Waals surface area contributed by atoms with E-state index in [1.165, 1.54) is 57.8 Å². The number of hydrogen-bond acceptors (Lipinski definition) is 9. The van der Waals surface area contributed by atoms with Crippen molar-refractivity contribution in [3.8, 4) is 0 Å². The minimum atomic E-state index is -4.67. The number of carbonyl (C=O) groups is 2. The summed E-state index contributed by atoms with van der Waals surface area (Å²) in [5.74, 6) is -1.05. The van der Waals surface area contributed by atoms with Gasteiger partial charge in [0.25, 0.3) is 7.82 Å². The molecule has 0 rings (SSSR count). The molecule has 0 fully saturated rings. The summed E-state index contributed by atoms with van der Waals surface area (Å²) < 4.78 is 33.7. The van der Waals surface area contributed by atoms with E-state index in [0.717, 1.165) is 57.8 Å². The van der Waals surface area contributed by atoms with Crippen LogP contribution in [0.25, 0.3) is 0 Å². The quantitative estimate of drug-likeness (QED) is 0.0161. The lowest BCUT2D eigenvalue weighted by atomic mass is 10.1. The van der Waals surface area contributed by atoms with Crippen molar-refractivity contribution < 1.29 is 47.2 Å². The van der Waals surface area contributed by atoms with Crippen molar-refractivity contribution in [3.05, 3.63) is 60.8 Å². The lowest BCUT2D eigenvalue weighted by Crippen LogP contribution is -2.37. The van der Waals surface area contributed by atoms with Crippen molar-refractivity contribution in [1.82, 2.24) is 0 Å². The van der Waals surface area contributed by atoms with E-state index < -0.39 is 38.6 Å². The highest BCUT2D eigenvalue weighted by atomic mass is 31.2. The number of ether oxygens (including phenoxy) is 2. The third kappa shape index (κ3) is 41.6. The Hall–Kier alpha value is -2.33. The largest absolute Gasteiger partial charge is 0.756 e. The zero-order valence-corrected chi connectivity index (χ0v) is 37.5. The van der Waals surface area contributed by atoms with Gasteiger partial charge in [-0.3, -0.25) is 14.2 Å². The second-order valence-electron chi connectivity index (χ2n) is 15.9. The average molecular weight is 824 g/mol. The molecule has 0 aromatic rings. The molecule has 330 valence electrons. The fraction of sp³-hybridized carbons (Fsp3) is 0.739. The van der Waals surface area contributed by atoms with Crippen LogP contribution in [0.4, 0.5) is 0 Å². The molecule has 0 bridgehead atoms. The minimum absolute atomic E-state index is 0.0449. The number of phosphoric acid groups is 1. The van der Waals surface area contributed by atoms with Gasteiger partial charge in [0.15, 0.2) is 6.10 Å². The van der Waals surface area contributed by atoms with Crippen LogP contribution in [0.1, 0.15) is 162 Å². The Morgan fingerprint density at radius 1 is 0.649 bits per heavy atom. The maximum atomic E-state index is 12.7. The van der Waals surface area contributed by atoms with Gasteiger partial charge in [0, 0.05) is 12.8 Å². The van der Waals surface area contributed by atoms with Gasteiger partial charge in [0.1, 0.15) is 19.8 Å². The molecule has 0 aliphatic carbocycles. The van der Waals surface area contributed by atoms with E-state index in [4.69, 9.17) is 18.5 Å². The molecular weight excluding hydrogens is 741 g/mol. The third-order valence-electron chi connectivity index (χ3n) is 9.11. The number of allylic oxidation sites excluding steroid dienone is 9. The van der Waals surface area contributed by atoms with E-state index in [0.29, 0.717) is 30.3 Å². The monoisotopic (exact) mass is 824 g/mol. The van der Waals surface area contributed by atoms with Crippen LogP contribution in [0.15, 0.2) is 60.8 Å². The van der Waals surface area contributed by atoms with Gasteiger partial charge in [0.05, 0.1) is 33.9 Å². The predicted molar refractivity (Wildman–Crippen MR) is 232 cm³/mol. The zero-order chi connectivity index (χ0) is 42.3. The topological polar surface area (TPSA) is 131 Å². The standard InChI is InChI=1S/C46H82NO9P/c1-6-8-10-12-14-16-18-20-21-23-25-27-29-31-33-37-46(50)56-44(42-55-57(51,52)54-40-39-47(3,4)5)41-53-45(49)38-34-36-43(48)35-32-30-28-26-24-22-19-17-15-13-11-9-7-2/h15,17,20-22,24,28,30,32,35,43-44,48H,6-14,16,18-19,23,25-27,29,31,33-34,36-42H2,1-5H3/b17-15-,21-20-,24-22-,30-28-,35-32+/t43-,44-/m1/s1.